The van der Waals surface area contributed by atoms with Gasteiger partial charge in [-0.1, -0.05) is 69.1 Å². The van der Waals surface area contributed by atoms with Gasteiger partial charge >= 0.3 is 0 Å². The highest BCUT2D eigenvalue weighted by Gasteiger charge is 2.29. The van der Waals surface area contributed by atoms with E-state index in [1.54, 1.807) is 25.1 Å². The van der Waals surface area contributed by atoms with Crippen LogP contribution in [0.3, 0.4) is 0 Å². The van der Waals surface area contributed by atoms with E-state index in [0.717, 1.165) is 52.2 Å². The van der Waals surface area contributed by atoms with Crippen molar-refractivity contribution >= 4 is 36.0 Å². The van der Waals surface area contributed by atoms with Crippen molar-refractivity contribution in [2.45, 2.75) is 40.5 Å². The number of piperazine rings is 1. The lowest BCUT2D eigenvalue weighted by molar-refractivity contribution is -0.110. The summed E-state index contributed by atoms with van der Waals surface area (Å²) in [7, 11) is 0. The molecule has 12 heteroatoms. The van der Waals surface area contributed by atoms with Crippen molar-refractivity contribution in [2.75, 3.05) is 65.5 Å². The van der Waals surface area contributed by atoms with Crippen molar-refractivity contribution in [2.24, 2.45) is 11.3 Å². The molecule has 2 saturated heterocycles. The third-order valence-electron chi connectivity index (χ3n) is 6.53. The number of hydrogen-bond donors (Lipinski definition) is 4. The molecule has 2 aliphatic heterocycles. The van der Waals surface area contributed by atoms with Gasteiger partial charge in [0.1, 0.15) is 11.6 Å². The zero-order valence-corrected chi connectivity index (χ0v) is 28.0. The molecule has 0 aromatic heterocycles. The molecule has 2 amide bonds. The number of carbonyl (C=O) groups is 2. The molecule has 248 valence electrons. The number of nitrogens with zero attached hydrogens (tertiary/aromatic N) is 2. The summed E-state index contributed by atoms with van der Waals surface area (Å²) in [5.74, 6) is -1.31. The highest BCUT2D eigenvalue weighted by Crippen LogP contribution is 2.33. The fraction of sp³-hybridized carbons (Fsp3) is 0.562. The van der Waals surface area contributed by atoms with E-state index in [-0.39, 0.29) is 28.5 Å². The Morgan fingerprint density at radius 3 is 2.27 bits per heavy atom. The number of aliphatic hydroxyl groups excluding tert-OH is 1. The Labute approximate surface area is 271 Å². The molecule has 1 aromatic carbocycles. The van der Waals surface area contributed by atoms with E-state index in [4.69, 9.17) is 28.3 Å². The van der Waals surface area contributed by atoms with Crippen LogP contribution < -0.4 is 16.0 Å². The fourth-order valence-electron chi connectivity index (χ4n) is 4.39. The first kappa shape index (κ1) is 39.7. The van der Waals surface area contributed by atoms with E-state index in [0.29, 0.717) is 36.2 Å². The first-order valence-electron chi connectivity index (χ1n) is 14.8. The molecule has 0 aliphatic carbocycles. The van der Waals surface area contributed by atoms with Gasteiger partial charge in [-0.3, -0.25) is 19.4 Å². The monoisotopic (exact) mass is 659 g/mol. The van der Waals surface area contributed by atoms with Gasteiger partial charge in [-0.25, -0.2) is 8.78 Å². The molecule has 1 aromatic rings. The molecule has 2 fully saturated rings. The molecule has 8 nitrogen and oxygen atoms in total. The molecule has 2 atom stereocenters. The van der Waals surface area contributed by atoms with Crippen LogP contribution in [0.25, 0.3) is 0 Å². The van der Waals surface area contributed by atoms with Gasteiger partial charge in [0.05, 0.1) is 16.7 Å². The standard InChI is InChI=1S/C18H18Cl2F2N2O.C9H19N3O2.C5H12/c1-11(24-10-25)7-16(20)17(21)6-5-12-8-23-9-14(12)13-3-2-4-15(19)18(13)22;13-8-7-12-5-3-11(4-6-12)2-1-10-9-14;1-5(2,3)4/h2-7,10,12,14,23H,8-9H2,1H3,(H,24,25);9,13H,1-8H2,(H,10,14);1-4H3/b6-5+,11-7+,17-16-;;/t12-,14+;;/m1../s1. The predicted octanol–water partition coefficient (Wildman–Crippen LogP) is 4.80. The molecule has 0 unspecified atom stereocenters. The van der Waals surface area contributed by atoms with E-state index >= 15 is 0 Å². The predicted molar refractivity (Wildman–Crippen MR) is 176 cm³/mol. The highest BCUT2D eigenvalue weighted by atomic mass is 35.5. The van der Waals surface area contributed by atoms with Crippen molar-refractivity contribution in [1.29, 1.82) is 0 Å². The Balaban J connectivity index is 0.000000426. The molecule has 2 heterocycles. The SMILES string of the molecule is CC(C)(C)C.C\C(=C/C(Cl)=C(F)\C=C\[C@@H]1CNC[C@@H]1c1cccc(Cl)c1F)NC=O.O=CNCCN1CCN(CCO)CC1. The van der Waals surface area contributed by atoms with Crippen LogP contribution >= 0.6 is 23.2 Å². The molecule has 44 heavy (non-hydrogen) atoms. The second-order valence-electron chi connectivity index (χ2n) is 12.2. The zero-order valence-electron chi connectivity index (χ0n) is 26.5. The number of carbonyl (C=O) groups excluding carboxylic acids is 2. The topological polar surface area (TPSA) is 96.9 Å². The summed E-state index contributed by atoms with van der Waals surface area (Å²) >= 11 is 11.7. The number of nitrogens with one attached hydrogen (secondary N) is 3. The minimum Gasteiger partial charge on any atom is -0.395 e. The Morgan fingerprint density at radius 1 is 1.09 bits per heavy atom. The van der Waals surface area contributed by atoms with Gasteiger partial charge in [0, 0.05) is 70.5 Å². The maximum atomic E-state index is 14.2. The maximum Gasteiger partial charge on any atom is 0.211 e. The minimum absolute atomic E-state index is 0.0736. The van der Waals surface area contributed by atoms with E-state index in [9.17, 15) is 18.4 Å². The molecule has 0 spiro atoms. The van der Waals surface area contributed by atoms with Crippen LogP contribution in [0.5, 0.6) is 0 Å². The summed E-state index contributed by atoms with van der Waals surface area (Å²) in [6, 6.07) is 4.89. The number of halogens is 4. The summed E-state index contributed by atoms with van der Waals surface area (Å²) in [6.07, 6.45) is 5.47. The van der Waals surface area contributed by atoms with Crippen LogP contribution in [0, 0.1) is 17.2 Å². The summed E-state index contributed by atoms with van der Waals surface area (Å²) in [5, 5.41) is 16.9. The molecule has 0 saturated carbocycles. The van der Waals surface area contributed by atoms with Crippen LogP contribution in [0.2, 0.25) is 5.02 Å². The lowest BCUT2D eigenvalue weighted by atomic mass is 9.88. The largest absolute Gasteiger partial charge is 0.395 e. The quantitative estimate of drug-likeness (QED) is 0.146. The minimum atomic E-state index is -0.633. The van der Waals surface area contributed by atoms with Crippen LogP contribution in [-0.4, -0.2) is 93.2 Å². The van der Waals surface area contributed by atoms with Crippen LogP contribution in [0.4, 0.5) is 8.78 Å². The number of aliphatic hydroxyl groups is 1. The summed E-state index contributed by atoms with van der Waals surface area (Å²) in [6.45, 7) is 18.3. The summed E-state index contributed by atoms with van der Waals surface area (Å²) in [5.41, 5.74) is 1.43. The van der Waals surface area contributed by atoms with E-state index in [2.05, 4.69) is 53.4 Å². The van der Waals surface area contributed by atoms with Crippen LogP contribution in [-0.2, 0) is 9.59 Å². The molecule has 3 rings (SSSR count). The third kappa shape index (κ3) is 16.7. The second kappa shape index (κ2) is 21.4. The van der Waals surface area contributed by atoms with Crippen molar-refractivity contribution in [1.82, 2.24) is 25.8 Å². The average molecular weight is 661 g/mol. The molecule has 0 radical (unpaired) electrons. The van der Waals surface area contributed by atoms with Crippen molar-refractivity contribution in [3.63, 3.8) is 0 Å². The first-order valence-corrected chi connectivity index (χ1v) is 15.6. The van der Waals surface area contributed by atoms with Gasteiger partial charge in [0.2, 0.25) is 12.8 Å². The number of allylic oxidation sites excluding steroid dienone is 5. The zero-order chi connectivity index (χ0) is 33.1. The van der Waals surface area contributed by atoms with Crippen molar-refractivity contribution in [3.8, 4) is 0 Å². The van der Waals surface area contributed by atoms with E-state index in [1.165, 1.54) is 18.2 Å². The van der Waals surface area contributed by atoms with E-state index in [1.807, 2.05) is 0 Å². The van der Waals surface area contributed by atoms with Gasteiger partial charge in [0.25, 0.3) is 0 Å². The van der Waals surface area contributed by atoms with E-state index < -0.39 is 11.6 Å². The van der Waals surface area contributed by atoms with Gasteiger partial charge in [-0.2, -0.15) is 0 Å². The highest BCUT2D eigenvalue weighted by molar-refractivity contribution is 6.31. The molecular weight excluding hydrogens is 611 g/mol. The van der Waals surface area contributed by atoms with Gasteiger partial charge < -0.3 is 21.1 Å². The second-order valence-corrected chi connectivity index (χ2v) is 13.0. The first-order chi connectivity index (χ1) is 20.8. The summed E-state index contributed by atoms with van der Waals surface area (Å²) in [4.78, 5) is 24.9. The number of amides is 2. The normalized spacial score (nSPS) is 20.2. The number of hydrogen-bond acceptors (Lipinski definition) is 6. The average Bonchev–Trinajstić information content (AvgIpc) is 3.42. The Kier molecular flexibility index (Phi) is 19.3. The fourth-order valence-corrected chi connectivity index (χ4v) is 4.80. The van der Waals surface area contributed by atoms with Gasteiger partial charge in [-0.05, 0) is 42.0 Å². The molecule has 0 bridgehead atoms. The third-order valence-corrected chi connectivity index (χ3v) is 7.11. The Bertz CT molecular complexity index is 1100. The Hall–Kier alpha value is -2.34. The van der Waals surface area contributed by atoms with Gasteiger partial charge in [0.15, 0.2) is 0 Å². The van der Waals surface area contributed by atoms with Crippen LogP contribution in [0.15, 0.2) is 53.0 Å². The van der Waals surface area contributed by atoms with Crippen molar-refractivity contribution in [3.05, 3.63) is 69.4 Å². The number of β-amino-alcohol motifs (C(OH)–C–C–N with tert-alkyl or cyclic N) is 1. The smallest absolute Gasteiger partial charge is 0.211 e. The van der Waals surface area contributed by atoms with Crippen LogP contribution in [0.1, 0.15) is 46.1 Å². The number of rotatable bonds is 12. The molecular formula is C32H49Cl2F2N5O3. The Morgan fingerprint density at radius 2 is 1.70 bits per heavy atom. The lowest BCUT2D eigenvalue weighted by Gasteiger charge is -2.34. The van der Waals surface area contributed by atoms with Gasteiger partial charge in [-0.15, -0.1) is 0 Å². The summed E-state index contributed by atoms with van der Waals surface area (Å²) < 4.78 is 28.3. The molecule has 4 N–H and O–H groups in total. The lowest BCUT2D eigenvalue weighted by Crippen LogP contribution is -2.48. The number of benzene rings is 1. The maximum absolute atomic E-state index is 14.2. The van der Waals surface area contributed by atoms with Crippen molar-refractivity contribution < 1.29 is 23.5 Å². The molecule has 2 aliphatic rings.